The number of hydrogen-bond donors (Lipinski definition) is 2. The second-order valence-electron chi connectivity index (χ2n) is 7.62. The summed E-state index contributed by atoms with van der Waals surface area (Å²) in [6.07, 6.45) is 0.276. The highest BCUT2D eigenvalue weighted by atomic mass is 32.1. The molecule has 1 unspecified atom stereocenters. The van der Waals surface area contributed by atoms with Gasteiger partial charge in [-0.1, -0.05) is 24.3 Å². The van der Waals surface area contributed by atoms with Crippen molar-refractivity contribution in [3.63, 3.8) is 0 Å². The fourth-order valence-electron chi connectivity index (χ4n) is 3.81. The van der Waals surface area contributed by atoms with Crippen molar-refractivity contribution in [3.8, 4) is 10.7 Å². The topological polar surface area (TPSA) is 86.3 Å². The molecule has 10 heteroatoms. The van der Waals surface area contributed by atoms with Crippen LogP contribution in [0.5, 0.6) is 0 Å². The number of H-pyrrole nitrogens is 1. The number of carbonyl (C=O) groups is 2. The van der Waals surface area contributed by atoms with E-state index in [9.17, 15) is 9.59 Å². The van der Waals surface area contributed by atoms with Crippen LogP contribution in [0.2, 0.25) is 0 Å². The first-order chi connectivity index (χ1) is 15.5. The van der Waals surface area contributed by atoms with Crippen molar-refractivity contribution in [2.75, 3.05) is 37.6 Å². The molecule has 0 saturated carbocycles. The lowest BCUT2D eigenvalue weighted by Crippen LogP contribution is -2.49. The van der Waals surface area contributed by atoms with Gasteiger partial charge in [0.05, 0.1) is 4.88 Å². The number of nitrogens with zero attached hydrogens (tertiary/aromatic N) is 4. The number of anilines is 1. The normalized spacial score (nSPS) is 14.9. The Labute approximate surface area is 195 Å². The average Bonchev–Trinajstić information content (AvgIpc) is 3.49. The molecule has 1 atom stereocenters. The van der Waals surface area contributed by atoms with Crippen LogP contribution in [0.15, 0.2) is 47.8 Å². The summed E-state index contributed by atoms with van der Waals surface area (Å²) in [5, 5.41) is 11.9. The Morgan fingerprint density at radius 3 is 2.59 bits per heavy atom. The highest BCUT2D eigenvalue weighted by Crippen LogP contribution is 2.25. The van der Waals surface area contributed by atoms with Crippen molar-refractivity contribution >= 4 is 41.1 Å². The highest BCUT2D eigenvalue weighted by molar-refractivity contribution is 7.71. The SMILES string of the molecule is CC(C(=O)NCCC(=O)N1CCN(c2ccccc2)CC1)n1c(-c2cccs2)n[nH]c1=S. The van der Waals surface area contributed by atoms with Gasteiger partial charge < -0.3 is 15.1 Å². The summed E-state index contributed by atoms with van der Waals surface area (Å²) < 4.78 is 2.10. The molecule has 168 valence electrons. The zero-order chi connectivity index (χ0) is 22.5. The minimum atomic E-state index is -0.539. The summed E-state index contributed by atoms with van der Waals surface area (Å²) in [5.41, 5.74) is 1.18. The Kier molecular flexibility index (Phi) is 7.01. The van der Waals surface area contributed by atoms with E-state index in [-0.39, 0.29) is 18.2 Å². The van der Waals surface area contributed by atoms with Crippen molar-refractivity contribution in [1.29, 1.82) is 0 Å². The second-order valence-corrected chi connectivity index (χ2v) is 8.95. The number of thiophene rings is 1. The Bertz CT molecular complexity index is 1100. The molecule has 2 N–H and O–H groups in total. The molecule has 0 radical (unpaired) electrons. The smallest absolute Gasteiger partial charge is 0.242 e. The van der Waals surface area contributed by atoms with Gasteiger partial charge in [0.25, 0.3) is 0 Å². The molecule has 0 bridgehead atoms. The summed E-state index contributed by atoms with van der Waals surface area (Å²) >= 11 is 6.87. The number of hydrogen-bond acceptors (Lipinski definition) is 6. The Morgan fingerprint density at radius 1 is 1.16 bits per heavy atom. The second kappa shape index (κ2) is 10.1. The quantitative estimate of drug-likeness (QED) is 0.519. The third-order valence-electron chi connectivity index (χ3n) is 5.60. The maximum absolute atomic E-state index is 12.7. The van der Waals surface area contributed by atoms with Gasteiger partial charge in [-0.05, 0) is 42.7 Å². The summed E-state index contributed by atoms with van der Waals surface area (Å²) in [7, 11) is 0. The minimum absolute atomic E-state index is 0.0601. The van der Waals surface area contributed by atoms with Gasteiger partial charge in [-0.3, -0.25) is 19.3 Å². The van der Waals surface area contributed by atoms with E-state index in [0.29, 0.717) is 30.2 Å². The van der Waals surface area contributed by atoms with Gasteiger partial charge >= 0.3 is 0 Å². The highest BCUT2D eigenvalue weighted by Gasteiger charge is 2.23. The molecular weight excluding hydrogens is 444 g/mol. The third-order valence-corrected chi connectivity index (χ3v) is 6.76. The van der Waals surface area contributed by atoms with Gasteiger partial charge in [-0.25, -0.2) is 0 Å². The van der Waals surface area contributed by atoms with Gasteiger partial charge in [0, 0.05) is 44.8 Å². The van der Waals surface area contributed by atoms with Crippen LogP contribution >= 0.6 is 23.6 Å². The van der Waals surface area contributed by atoms with Crippen molar-refractivity contribution in [1.82, 2.24) is 25.0 Å². The number of piperazine rings is 1. The average molecular weight is 471 g/mol. The first-order valence-corrected chi connectivity index (χ1v) is 11.9. The molecule has 0 spiro atoms. The zero-order valence-electron chi connectivity index (χ0n) is 17.9. The van der Waals surface area contributed by atoms with Crippen molar-refractivity contribution in [2.45, 2.75) is 19.4 Å². The molecule has 3 heterocycles. The monoisotopic (exact) mass is 470 g/mol. The van der Waals surface area contributed by atoms with Gasteiger partial charge in [0.15, 0.2) is 10.6 Å². The fraction of sp³-hybridized carbons (Fsp3) is 0.364. The molecule has 2 aromatic heterocycles. The standard InChI is InChI=1S/C22H26N6O2S2/c1-16(28-20(24-25-22(28)31)18-8-5-15-32-18)21(30)23-10-9-19(29)27-13-11-26(12-14-27)17-6-3-2-4-7-17/h2-8,15-16H,9-14H2,1H3,(H,23,30)(H,25,31). The van der Waals surface area contributed by atoms with E-state index in [1.165, 1.54) is 17.0 Å². The van der Waals surface area contributed by atoms with E-state index in [2.05, 4.69) is 32.5 Å². The van der Waals surface area contributed by atoms with Gasteiger partial charge in [-0.2, -0.15) is 5.10 Å². The summed E-state index contributed by atoms with van der Waals surface area (Å²) in [5.74, 6) is 0.506. The molecule has 4 rings (SSSR count). The van der Waals surface area contributed by atoms with E-state index < -0.39 is 6.04 Å². The lowest BCUT2D eigenvalue weighted by atomic mass is 10.2. The number of amides is 2. The maximum atomic E-state index is 12.7. The zero-order valence-corrected chi connectivity index (χ0v) is 19.5. The van der Waals surface area contributed by atoms with Gasteiger partial charge in [0.2, 0.25) is 11.8 Å². The first-order valence-electron chi connectivity index (χ1n) is 10.6. The van der Waals surface area contributed by atoms with Crippen LogP contribution in [0.25, 0.3) is 10.7 Å². The summed E-state index contributed by atoms with van der Waals surface area (Å²) in [6, 6.07) is 13.6. The lowest BCUT2D eigenvalue weighted by Gasteiger charge is -2.36. The third kappa shape index (κ3) is 4.91. The number of nitrogens with one attached hydrogen (secondary N) is 2. The predicted molar refractivity (Wildman–Crippen MR) is 128 cm³/mol. The Morgan fingerprint density at radius 2 is 1.91 bits per heavy atom. The van der Waals surface area contributed by atoms with Gasteiger partial charge in [-0.15, -0.1) is 11.3 Å². The van der Waals surface area contributed by atoms with Crippen LogP contribution in [0, 0.1) is 4.77 Å². The number of para-hydroxylation sites is 1. The van der Waals surface area contributed by atoms with Crippen LogP contribution in [0.3, 0.4) is 0 Å². The molecule has 0 aliphatic carbocycles. The number of benzene rings is 1. The Balaban J connectivity index is 1.26. The molecule has 1 aromatic carbocycles. The van der Waals surface area contributed by atoms with E-state index in [4.69, 9.17) is 12.2 Å². The first kappa shape index (κ1) is 22.2. The molecular formula is C22H26N6O2S2. The predicted octanol–water partition coefficient (Wildman–Crippen LogP) is 3.09. The van der Waals surface area contributed by atoms with Crippen LogP contribution in [-0.2, 0) is 9.59 Å². The molecule has 3 aromatic rings. The molecule has 1 aliphatic heterocycles. The summed E-state index contributed by atoms with van der Waals surface area (Å²) in [6.45, 7) is 5.06. The molecule has 1 fully saturated rings. The minimum Gasteiger partial charge on any atom is -0.368 e. The van der Waals surface area contributed by atoms with Gasteiger partial charge in [0.1, 0.15) is 6.04 Å². The van der Waals surface area contributed by atoms with E-state index in [0.717, 1.165) is 18.0 Å². The Hall–Kier alpha value is -2.98. The number of aromatic nitrogens is 3. The molecule has 1 saturated heterocycles. The molecule has 2 amide bonds. The van der Waals surface area contributed by atoms with Crippen LogP contribution < -0.4 is 10.2 Å². The summed E-state index contributed by atoms with van der Waals surface area (Å²) in [4.78, 5) is 30.4. The van der Waals surface area contributed by atoms with Crippen LogP contribution in [0.1, 0.15) is 19.4 Å². The maximum Gasteiger partial charge on any atom is 0.242 e. The molecule has 8 nitrogen and oxygen atoms in total. The van der Waals surface area contributed by atoms with Crippen molar-refractivity contribution in [2.24, 2.45) is 0 Å². The van der Waals surface area contributed by atoms with Crippen molar-refractivity contribution in [3.05, 3.63) is 52.6 Å². The lowest BCUT2D eigenvalue weighted by molar-refractivity contribution is -0.131. The molecule has 32 heavy (non-hydrogen) atoms. The van der Waals surface area contributed by atoms with E-state index in [1.54, 1.807) is 11.5 Å². The largest absolute Gasteiger partial charge is 0.368 e. The van der Waals surface area contributed by atoms with E-state index in [1.807, 2.05) is 40.6 Å². The van der Waals surface area contributed by atoms with Crippen LogP contribution in [0.4, 0.5) is 5.69 Å². The fourth-order valence-corrected chi connectivity index (χ4v) is 4.81. The van der Waals surface area contributed by atoms with Crippen LogP contribution in [-0.4, -0.2) is 64.2 Å². The van der Waals surface area contributed by atoms with E-state index >= 15 is 0 Å². The van der Waals surface area contributed by atoms with Crippen molar-refractivity contribution < 1.29 is 9.59 Å². The number of carbonyl (C=O) groups excluding carboxylic acids is 2. The number of aromatic amines is 1. The number of rotatable bonds is 7. The molecule has 1 aliphatic rings.